The summed E-state index contributed by atoms with van der Waals surface area (Å²) in [5, 5.41) is 1.02. The molecule has 0 saturated heterocycles. The number of imidazole rings is 1. The van der Waals surface area contributed by atoms with Crippen molar-refractivity contribution in [1.82, 2.24) is 24.4 Å². The van der Waals surface area contributed by atoms with Crippen molar-refractivity contribution in [2.24, 2.45) is 0 Å². The van der Waals surface area contributed by atoms with Gasteiger partial charge in [0.25, 0.3) is 0 Å². The van der Waals surface area contributed by atoms with Crippen molar-refractivity contribution < 1.29 is 9.53 Å². The maximum absolute atomic E-state index is 13.6. The Kier molecular flexibility index (Phi) is 7.48. The quantitative estimate of drug-likeness (QED) is 0.190. The molecule has 1 aliphatic rings. The number of para-hydroxylation sites is 3. The molecule has 3 heterocycles. The highest BCUT2D eigenvalue weighted by atomic mass is 32.1. The van der Waals surface area contributed by atoms with Crippen LogP contribution in [-0.2, 0) is 24.2 Å². The number of nitrogens with zero attached hydrogens (tertiary/aromatic N) is 5. The first-order valence-electron chi connectivity index (χ1n) is 15.1. The Morgan fingerprint density at radius 2 is 1.70 bits per heavy atom. The fourth-order valence-electron chi connectivity index (χ4n) is 6.07. The van der Waals surface area contributed by atoms with Gasteiger partial charge in [0.05, 0.1) is 39.5 Å². The Hall–Kier alpha value is -4.40. The van der Waals surface area contributed by atoms with Crippen LogP contribution in [0.25, 0.3) is 31.8 Å². The van der Waals surface area contributed by atoms with E-state index in [1.807, 2.05) is 63.4 Å². The van der Waals surface area contributed by atoms with E-state index in [9.17, 15) is 4.79 Å². The molecule has 7 nitrogen and oxygen atoms in total. The Balaban J connectivity index is 1.25. The third kappa shape index (κ3) is 5.75. The van der Waals surface area contributed by atoms with Gasteiger partial charge in [-0.1, -0.05) is 54.6 Å². The van der Waals surface area contributed by atoms with Gasteiger partial charge in [-0.2, -0.15) is 0 Å². The van der Waals surface area contributed by atoms with Crippen molar-refractivity contribution >= 4 is 38.7 Å². The number of aryl methyl sites for hydroxylation is 1. The van der Waals surface area contributed by atoms with Crippen molar-refractivity contribution in [2.45, 2.75) is 64.8 Å². The molecule has 1 aliphatic carbocycles. The monoisotopic (exact) mass is 601 g/mol. The van der Waals surface area contributed by atoms with Gasteiger partial charge in [-0.15, -0.1) is 11.3 Å². The summed E-state index contributed by atoms with van der Waals surface area (Å²) in [6, 6.07) is 29.0. The second-order valence-corrected chi connectivity index (χ2v) is 13.4. The minimum atomic E-state index is -0.628. The molecule has 0 radical (unpaired) electrons. The molecule has 1 unspecified atom stereocenters. The Morgan fingerprint density at radius 3 is 2.50 bits per heavy atom. The third-order valence-electron chi connectivity index (χ3n) is 8.04. The summed E-state index contributed by atoms with van der Waals surface area (Å²) in [6.45, 7) is 6.81. The number of carbonyl (C=O) groups is 1. The van der Waals surface area contributed by atoms with Crippen LogP contribution in [0, 0.1) is 0 Å². The van der Waals surface area contributed by atoms with Crippen LogP contribution in [0.2, 0.25) is 0 Å². The molecule has 3 aromatic carbocycles. The Morgan fingerprint density at radius 1 is 0.932 bits per heavy atom. The number of thiazole rings is 1. The van der Waals surface area contributed by atoms with E-state index in [4.69, 9.17) is 19.7 Å². The van der Waals surface area contributed by atoms with E-state index in [1.54, 1.807) is 15.9 Å². The summed E-state index contributed by atoms with van der Waals surface area (Å²) >= 11 is 1.71. The molecule has 0 fully saturated rings. The lowest BCUT2D eigenvalue weighted by Gasteiger charge is -2.35. The lowest BCUT2D eigenvalue weighted by Crippen LogP contribution is -2.34. The summed E-state index contributed by atoms with van der Waals surface area (Å²) in [6.07, 6.45) is 4.57. The molecule has 1 atom stereocenters. The van der Waals surface area contributed by atoms with Crippen LogP contribution >= 0.6 is 11.3 Å². The average molecular weight is 602 g/mol. The molecule has 7 rings (SSSR count). The minimum Gasteiger partial charge on any atom is -0.443 e. The third-order valence-corrected chi connectivity index (χ3v) is 9.12. The number of hydrogen-bond acceptors (Lipinski definition) is 7. The highest BCUT2D eigenvalue weighted by Crippen LogP contribution is 2.36. The van der Waals surface area contributed by atoms with E-state index in [2.05, 4.69) is 53.4 Å². The van der Waals surface area contributed by atoms with Gasteiger partial charge in [0, 0.05) is 18.3 Å². The van der Waals surface area contributed by atoms with E-state index in [-0.39, 0.29) is 6.04 Å². The predicted octanol–water partition coefficient (Wildman–Crippen LogP) is 8.57. The molecule has 0 N–H and O–H groups in total. The summed E-state index contributed by atoms with van der Waals surface area (Å²) in [4.78, 5) is 30.7. The van der Waals surface area contributed by atoms with Gasteiger partial charge < -0.3 is 4.74 Å². The summed E-state index contributed by atoms with van der Waals surface area (Å²) in [7, 11) is 0. The molecule has 0 spiro atoms. The van der Waals surface area contributed by atoms with Crippen LogP contribution in [0.15, 0.2) is 91.1 Å². The second kappa shape index (κ2) is 11.6. The van der Waals surface area contributed by atoms with E-state index in [0.717, 1.165) is 52.1 Å². The SMILES string of the molecule is CC(C)(C)OC(=O)n1c(CN(Cc2ccc(-c3nc4ccccc4s3)cc2)C2CCCc3cccnc32)nc2ccccc21. The lowest BCUT2D eigenvalue weighted by molar-refractivity contribution is 0.0530. The zero-order valence-electron chi connectivity index (χ0n) is 25.2. The number of hydrogen-bond donors (Lipinski definition) is 0. The van der Waals surface area contributed by atoms with Gasteiger partial charge in [0.15, 0.2) is 0 Å². The summed E-state index contributed by atoms with van der Waals surface area (Å²) < 4.78 is 8.69. The normalized spacial score (nSPS) is 15.1. The molecule has 0 saturated carbocycles. The number of carbonyl (C=O) groups excluding carboxylic acids is 1. The van der Waals surface area contributed by atoms with Crippen LogP contribution in [-0.4, -0.2) is 36.1 Å². The van der Waals surface area contributed by atoms with Crippen molar-refractivity contribution in [3.05, 3.63) is 114 Å². The number of benzene rings is 3. The molecule has 0 aliphatic heterocycles. The first-order valence-corrected chi connectivity index (χ1v) is 16.0. The smallest absolute Gasteiger partial charge is 0.420 e. The number of ether oxygens (including phenoxy) is 1. The number of pyridine rings is 1. The van der Waals surface area contributed by atoms with E-state index >= 15 is 0 Å². The van der Waals surface area contributed by atoms with Gasteiger partial charge in [-0.3, -0.25) is 9.88 Å². The largest absolute Gasteiger partial charge is 0.443 e. The van der Waals surface area contributed by atoms with Crippen molar-refractivity contribution in [3.8, 4) is 10.6 Å². The molecule has 222 valence electrons. The second-order valence-electron chi connectivity index (χ2n) is 12.4. The zero-order valence-corrected chi connectivity index (χ0v) is 26.1. The molecule has 3 aromatic heterocycles. The van der Waals surface area contributed by atoms with Crippen LogP contribution in [0.4, 0.5) is 4.79 Å². The van der Waals surface area contributed by atoms with Gasteiger partial charge in [0.1, 0.15) is 16.4 Å². The molecule has 8 heteroatoms. The molecule has 0 amide bonds. The minimum absolute atomic E-state index is 0.0933. The summed E-state index contributed by atoms with van der Waals surface area (Å²) in [5.41, 5.74) is 6.62. The number of fused-ring (bicyclic) bond motifs is 3. The molecular weight excluding hydrogens is 566 g/mol. The topological polar surface area (TPSA) is 73.1 Å². The van der Waals surface area contributed by atoms with Crippen molar-refractivity contribution in [2.75, 3.05) is 0 Å². The Bertz CT molecular complexity index is 1920. The lowest BCUT2D eigenvalue weighted by atomic mass is 9.90. The van der Waals surface area contributed by atoms with Gasteiger partial charge in [-0.25, -0.2) is 19.3 Å². The van der Waals surface area contributed by atoms with Gasteiger partial charge >= 0.3 is 6.09 Å². The number of aromatic nitrogens is 4. The van der Waals surface area contributed by atoms with E-state index < -0.39 is 11.7 Å². The zero-order chi connectivity index (χ0) is 30.3. The highest BCUT2D eigenvalue weighted by Gasteiger charge is 2.30. The fourth-order valence-corrected chi connectivity index (χ4v) is 7.05. The maximum atomic E-state index is 13.6. The first kappa shape index (κ1) is 28.4. The Labute approximate surface area is 261 Å². The van der Waals surface area contributed by atoms with Crippen LogP contribution in [0.5, 0.6) is 0 Å². The molecule has 6 aromatic rings. The molecule has 0 bridgehead atoms. The highest BCUT2D eigenvalue weighted by molar-refractivity contribution is 7.21. The fraction of sp³-hybridized carbons (Fsp3) is 0.278. The summed E-state index contributed by atoms with van der Waals surface area (Å²) in [5.74, 6) is 0.662. The predicted molar refractivity (Wildman–Crippen MR) is 176 cm³/mol. The van der Waals surface area contributed by atoms with Crippen LogP contribution < -0.4 is 0 Å². The maximum Gasteiger partial charge on any atom is 0.420 e. The van der Waals surface area contributed by atoms with Crippen LogP contribution in [0.3, 0.4) is 0 Å². The molecular formula is C36H35N5O2S. The standard InChI is InChI=1S/C36H35N5O2S/c1-36(2,3)43-35(42)41-29-14-6-4-12-27(29)38-32(41)23-40(30-15-8-10-25-11-9-21-37-33(25)30)22-24-17-19-26(20-18-24)34-39-28-13-5-7-16-31(28)44-34/h4-7,9,11-14,16-21,30H,8,10,15,22-23H2,1-3H3. The first-order chi connectivity index (χ1) is 21.3. The molecule has 44 heavy (non-hydrogen) atoms. The van der Waals surface area contributed by atoms with Crippen LogP contribution in [0.1, 0.15) is 62.3 Å². The van der Waals surface area contributed by atoms with Gasteiger partial charge in [0.2, 0.25) is 0 Å². The van der Waals surface area contributed by atoms with E-state index in [0.29, 0.717) is 18.9 Å². The van der Waals surface area contributed by atoms with Crippen molar-refractivity contribution in [1.29, 1.82) is 0 Å². The van der Waals surface area contributed by atoms with Crippen molar-refractivity contribution in [3.63, 3.8) is 0 Å². The average Bonchev–Trinajstić information content (AvgIpc) is 3.61. The van der Waals surface area contributed by atoms with Gasteiger partial charge in [-0.05, 0) is 81.5 Å². The number of rotatable bonds is 6. The van der Waals surface area contributed by atoms with E-state index in [1.165, 1.54) is 15.8 Å².